The summed E-state index contributed by atoms with van der Waals surface area (Å²) in [4.78, 5) is 27.2. The van der Waals surface area contributed by atoms with Crippen LogP contribution >= 0.6 is 24.0 Å². The molecule has 178 valence electrons. The molecule has 35 heavy (non-hydrogen) atoms. The van der Waals surface area contributed by atoms with Crippen LogP contribution in [-0.2, 0) is 9.59 Å². The van der Waals surface area contributed by atoms with Gasteiger partial charge in [-0.05, 0) is 60.2 Å². The van der Waals surface area contributed by atoms with E-state index in [9.17, 15) is 9.59 Å². The van der Waals surface area contributed by atoms with Crippen LogP contribution in [0, 0.1) is 0 Å². The number of ether oxygens (including phenoxy) is 3. The highest BCUT2D eigenvalue weighted by Crippen LogP contribution is 2.37. The molecule has 4 rings (SSSR count). The Morgan fingerprint density at radius 1 is 1.00 bits per heavy atom. The molecule has 3 aromatic rings. The normalized spacial score (nSPS) is 14.2. The maximum atomic E-state index is 13.0. The van der Waals surface area contributed by atoms with Crippen LogP contribution in [0.25, 0.3) is 6.08 Å². The molecular weight excluding hydrogens is 484 g/mol. The Labute approximate surface area is 212 Å². The lowest BCUT2D eigenvalue weighted by molar-refractivity contribution is -0.118. The Hall–Kier alpha value is -3.82. The zero-order valence-corrected chi connectivity index (χ0v) is 20.7. The van der Waals surface area contributed by atoms with Gasteiger partial charge in [0.25, 0.3) is 11.8 Å². The summed E-state index contributed by atoms with van der Waals surface area (Å²) in [6.07, 6.45) is 1.75. The molecule has 1 aliphatic heterocycles. The molecule has 1 N–H and O–H groups in total. The SMILES string of the molecule is COc1ccc(N2C(=O)/C(=C\c3ccc(OCC(=O)Nc4ccccc4)c(OC)c3)SC2=S)cc1. The highest BCUT2D eigenvalue weighted by molar-refractivity contribution is 8.27. The molecule has 0 saturated carbocycles. The van der Waals surface area contributed by atoms with Crippen LogP contribution in [0.15, 0.2) is 77.7 Å². The third kappa shape index (κ3) is 5.82. The van der Waals surface area contributed by atoms with E-state index in [1.807, 2.05) is 18.2 Å². The fourth-order valence-electron chi connectivity index (χ4n) is 3.33. The number of nitrogens with one attached hydrogen (secondary N) is 1. The summed E-state index contributed by atoms with van der Waals surface area (Å²) < 4.78 is 16.7. The number of carbonyl (C=O) groups is 2. The van der Waals surface area contributed by atoms with Crippen molar-refractivity contribution in [1.82, 2.24) is 0 Å². The van der Waals surface area contributed by atoms with Gasteiger partial charge in [-0.15, -0.1) is 0 Å². The lowest BCUT2D eigenvalue weighted by atomic mass is 10.1. The minimum atomic E-state index is -0.287. The van der Waals surface area contributed by atoms with Crippen molar-refractivity contribution in [2.75, 3.05) is 31.0 Å². The number of benzene rings is 3. The summed E-state index contributed by atoms with van der Waals surface area (Å²) in [6.45, 7) is -0.175. The van der Waals surface area contributed by atoms with Crippen molar-refractivity contribution < 1.29 is 23.8 Å². The number of amides is 2. The van der Waals surface area contributed by atoms with Gasteiger partial charge in [0.2, 0.25) is 0 Å². The Morgan fingerprint density at radius 2 is 1.74 bits per heavy atom. The minimum Gasteiger partial charge on any atom is -0.497 e. The monoisotopic (exact) mass is 506 g/mol. The second-order valence-electron chi connectivity index (χ2n) is 7.33. The van der Waals surface area contributed by atoms with Crippen molar-refractivity contribution in [2.24, 2.45) is 0 Å². The van der Waals surface area contributed by atoms with E-state index in [1.165, 1.54) is 23.8 Å². The van der Waals surface area contributed by atoms with Gasteiger partial charge < -0.3 is 19.5 Å². The van der Waals surface area contributed by atoms with E-state index in [4.69, 9.17) is 26.4 Å². The molecule has 9 heteroatoms. The van der Waals surface area contributed by atoms with Crippen molar-refractivity contribution >= 4 is 57.6 Å². The summed E-state index contributed by atoms with van der Waals surface area (Å²) in [7, 11) is 3.10. The maximum absolute atomic E-state index is 13.0. The summed E-state index contributed by atoms with van der Waals surface area (Å²) in [6, 6.07) is 21.5. The van der Waals surface area contributed by atoms with E-state index in [0.29, 0.717) is 37.8 Å². The number of carbonyl (C=O) groups excluding carboxylic acids is 2. The molecule has 1 fully saturated rings. The number of hydrogen-bond acceptors (Lipinski definition) is 7. The van der Waals surface area contributed by atoms with Crippen molar-refractivity contribution in [3.05, 3.63) is 83.3 Å². The molecule has 0 atom stereocenters. The van der Waals surface area contributed by atoms with Gasteiger partial charge in [-0.2, -0.15) is 0 Å². The summed E-state index contributed by atoms with van der Waals surface area (Å²) in [5.41, 5.74) is 2.10. The smallest absolute Gasteiger partial charge is 0.270 e. The lowest BCUT2D eigenvalue weighted by Gasteiger charge is -2.14. The van der Waals surface area contributed by atoms with Gasteiger partial charge in [-0.1, -0.05) is 48.2 Å². The molecule has 1 heterocycles. The Morgan fingerprint density at radius 3 is 2.43 bits per heavy atom. The lowest BCUT2D eigenvalue weighted by Crippen LogP contribution is -2.27. The fourth-order valence-corrected chi connectivity index (χ4v) is 4.63. The van der Waals surface area contributed by atoms with Crippen LogP contribution in [-0.4, -0.2) is 37.0 Å². The van der Waals surface area contributed by atoms with Crippen molar-refractivity contribution in [2.45, 2.75) is 0 Å². The molecule has 0 aromatic heterocycles. The average Bonchev–Trinajstić information content (AvgIpc) is 3.16. The molecule has 1 saturated heterocycles. The van der Waals surface area contributed by atoms with Crippen LogP contribution < -0.4 is 24.4 Å². The van der Waals surface area contributed by atoms with E-state index in [0.717, 1.165) is 5.56 Å². The summed E-state index contributed by atoms with van der Waals surface area (Å²) in [5, 5.41) is 2.76. The molecule has 0 bridgehead atoms. The van der Waals surface area contributed by atoms with E-state index in [2.05, 4.69) is 5.32 Å². The average molecular weight is 507 g/mol. The molecular formula is C26H22N2O5S2. The van der Waals surface area contributed by atoms with Gasteiger partial charge in [0.15, 0.2) is 22.4 Å². The van der Waals surface area contributed by atoms with Crippen molar-refractivity contribution in [3.63, 3.8) is 0 Å². The largest absolute Gasteiger partial charge is 0.497 e. The van der Waals surface area contributed by atoms with Crippen LogP contribution in [0.1, 0.15) is 5.56 Å². The summed E-state index contributed by atoms with van der Waals surface area (Å²) in [5.74, 6) is 1.06. The topological polar surface area (TPSA) is 77.1 Å². The second-order valence-corrected chi connectivity index (χ2v) is 9.00. The summed E-state index contributed by atoms with van der Waals surface area (Å²) >= 11 is 6.67. The van der Waals surface area contributed by atoms with Crippen LogP contribution in [0.3, 0.4) is 0 Å². The van der Waals surface area contributed by atoms with Gasteiger partial charge in [-0.3, -0.25) is 14.5 Å². The van der Waals surface area contributed by atoms with E-state index in [1.54, 1.807) is 67.8 Å². The number of rotatable bonds is 8. The molecule has 7 nitrogen and oxygen atoms in total. The fraction of sp³-hybridized carbons (Fsp3) is 0.115. The van der Waals surface area contributed by atoms with Crippen LogP contribution in [0.2, 0.25) is 0 Å². The molecule has 0 spiro atoms. The number of nitrogens with zero attached hydrogens (tertiary/aromatic N) is 1. The van der Waals surface area contributed by atoms with Crippen LogP contribution in [0.5, 0.6) is 17.2 Å². The van der Waals surface area contributed by atoms with Crippen LogP contribution in [0.4, 0.5) is 11.4 Å². The maximum Gasteiger partial charge on any atom is 0.270 e. The number of hydrogen-bond donors (Lipinski definition) is 1. The third-order valence-electron chi connectivity index (χ3n) is 5.03. The Bertz CT molecular complexity index is 1280. The standard InChI is InChI=1S/C26H22N2O5S2/c1-31-20-11-9-19(10-12-20)28-25(30)23(35-26(28)34)15-17-8-13-21(22(14-17)32-2)33-16-24(29)27-18-6-4-3-5-7-18/h3-15H,16H2,1-2H3,(H,27,29)/b23-15+. The first-order valence-corrected chi connectivity index (χ1v) is 11.8. The first kappa shape index (κ1) is 24.3. The minimum absolute atomic E-state index is 0.175. The molecule has 0 aliphatic carbocycles. The number of methoxy groups -OCH3 is 2. The molecule has 0 radical (unpaired) electrons. The molecule has 1 aliphatic rings. The predicted octanol–water partition coefficient (Wildman–Crippen LogP) is 5.13. The van der Waals surface area contributed by atoms with Gasteiger partial charge in [-0.25, -0.2) is 0 Å². The molecule has 3 aromatic carbocycles. The van der Waals surface area contributed by atoms with E-state index < -0.39 is 0 Å². The number of thiocarbonyl (C=S) groups is 1. The predicted molar refractivity (Wildman–Crippen MR) is 142 cm³/mol. The number of para-hydroxylation sites is 1. The second kappa shape index (κ2) is 11.1. The molecule has 0 unspecified atom stereocenters. The number of anilines is 2. The van der Waals surface area contributed by atoms with E-state index >= 15 is 0 Å². The van der Waals surface area contributed by atoms with Gasteiger partial charge >= 0.3 is 0 Å². The number of thioether (sulfide) groups is 1. The first-order chi connectivity index (χ1) is 17.0. The zero-order valence-electron chi connectivity index (χ0n) is 19.0. The highest BCUT2D eigenvalue weighted by Gasteiger charge is 2.33. The highest BCUT2D eigenvalue weighted by atomic mass is 32.2. The quantitative estimate of drug-likeness (QED) is 0.335. The van der Waals surface area contributed by atoms with Gasteiger partial charge in [0.1, 0.15) is 5.75 Å². The van der Waals surface area contributed by atoms with Gasteiger partial charge in [0, 0.05) is 5.69 Å². The third-order valence-corrected chi connectivity index (χ3v) is 6.33. The first-order valence-electron chi connectivity index (χ1n) is 10.6. The van der Waals surface area contributed by atoms with E-state index in [-0.39, 0.29) is 18.4 Å². The van der Waals surface area contributed by atoms with Crippen molar-refractivity contribution in [3.8, 4) is 17.2 Å². The van der Waals surface area contributed by atoms with Crippen molar-refractivity contribution in [1.29, 1.82) is 0 Å². The molecule has 2 amide bonds. The van der Waals surface area contributed by atoms with Gasteiger partial charge in [0.05, 0.1) is 24.8 Å². The zero-order chi connectivity index (χ0) is 24.8. The Balaban J connectivity index is 1.45. The Kier molecular flexibility index (Phi) is 7.69.